The molecule has 0 N–H and O–H groups in total. The van der Waals surface area contributed by atoms with Crippen molar-refractivity contribution in [3.05, 3.63) is 0 Å². The van der Waals surface area contributed by atoms with Gasteiger partial charge in [-0.2, -0.15) is 0 Å². The van der Waals surface area contributed by atoms with Gasteiger partial charge in [0.05, 0.1) is 26.4 Å². The van der Waals surface area contributed by atoms with Gasteiger partial charge in [-0.15, -0.1) is 0 Å². The molecule has 3 heteroatoms. The normalized spacial score (nSPS) is 13.0. The van der Waals surface area contributed by atoms with Crippen LogP contribution in [0.1, 0.15) is 33.1 Å². The van der Waals surface area contributed by atoms with Crippen LogP contribution in [0.2, 0.25) is 0 Å². The van der Waals surface area contributed by atoms with Gasteiger partial charge in [0.1, 0.15) is 0 Å². The second kappa shape index (κ2) is 12.0. The fourth-order valence-electron chi connectivity index (χ4n) is 1.28. The van der Waals surface area contributed by atoms with Gasteiger partial charge >= 0.3 is 0 Å². The molecule has 0 aromatic carbocycles. The van der Waals surface area contributed by atoms with E-state index in [4.69, 9.17) is 14.2 Å². The largest absolute Gasteiger partial charge is 0.382 e. The molecule has 0 spiro atoms. The van der Waals surface area contributed by atoms with Crippen molar-refractivity contribution in [1.29, 1.82) is 0 Å². The van der Waals surface area contributed by atoms with Crippen LogP contribution in [0.5, 0.6) is 0 Å². The van der Waals surface area contributed by atoms with Crippen molar-refractivity contribution in [2.45, 2.75) is 33.1 Å². The first kappa shape index (κ1) is 14.9. The molecular weight excluding hydrogens is 192 g/mol. The minimum atomic E-state index is 0.658. The summed E-state index contributed by atoms with van der Waals surface area (Å²) in [5.41, 5.74) is 0. The van der Waals surface area contributed by atoms with Crippen LogP contribution >= 0.6 is 0 Å². The number of hydrogen-bond acceptors (Lipinski definition) is 3. The van der Waals surface area contributed by atoms with Gasteiger partial charge in [0.25, 0.3) is 0 Å². The van der Waals surface area contributed by atoms with E-state index < -0.39 is 0 Å². The fourth-order valence-corrected chi connectivity index (χ4v) is 1.28. The third-order valence-corrected chi connectivity index (χ3v) is 2.26. The Hall–Kier alpha value is -0.120. The van der Waals surface area contributed by atoms with Crippen molar-refractivity contribution in [3.8, 4) is 0 Å². The second-order valence-electron chi connectivity index (χ2n) is 3.93. The van der Waals surface area contributed by atoms with Gasteiger partial charge in [0, 0.05) is 13.7 Å². The molecule has 0 rings (SSSR count). The minimum Gasteiger partial charge on any atom is -0.382 e. The van der Waals surface area contributed by atoms with Crippen LogP contribution in [-0.2, 0) is 14.2 Å². The summed E-state index contributed by atoms with van der Waals surface area (Å²) >= 11 is 0. The molecule has 0 radical (unpaired) electrons. The lowest BCUT2D eigenvalue weighted by Gasteiger charge is -2.11. The zero-order valence-corrected chi connectivity index (χ0v) is 10.5. The van der Waals surface area contributed by atoms with E-state index in [0.29, 0.717) is 32.3 Å². The Morgan fingerprint density at radius 1 is 1.00 bits per heavy atom. The SMILES string of the molecule is CCCCC(C)COCCOCCOC. The molecule has 92 valence electrons. The zero-order chi connectivity index (χ0) is 11.4. The first-order valence-electron chi connectivity index (χ1n) is 5.95. The molecule has 0 heterocycles. The maximum atomic E-state index is 5.51. The Morgan fingerprint density at radius 3 is 2.33 bits per heavy atom. The first-order valence-corrected chi connectivity index (χ1v) is 5.95. The molecule has 1 atom stereocenters. The fraction of sp³-hybridized carbons (Fsp3) is 1.00. The molecule has 1 unspecified atom stereocenters. The summed E-state index contributed by atoms with van der Waals surface area (Å²) in [6, 6.07) is 0. The molecule has 0 aliphatic rings. The number of unbranched alkanes of at least 4 members (excludes halogenated alkanes) is 1. The van der Waals surface area contributed by atoms with E-state index in [9.17, 15) is 0 Å². The Balaban J connectivity index is 3.02. The third-order valence-electron chi connectivity index (χ3n) is 2.26. The predicted molar refractivity (Wildman–Crippen MR) is 62.2 cm³/mol. The van der Waals surface area contributed by atoms with Crippen LogP contribution in [-0.4, -0.2) is 40.1 Å². The van der Waals surface area contributed by atoms with E-state index in [1.54, 1.807) is 7.11 Å². The minimum absolute atomic E-state index is 0.658. The van der Waals surface area contributed by atoms with Crippen LogP contribution in [0.3, 0.4) is 0 Å². The quantitative estimate of drug-likeness (QED) is 0.499. The monoisotopic (exact) mass is 218 g/mol. The van der Waals surface area contributed by atoms with Crippen LogP contribution in [0, 0.1) is 5.92 Å². The zero-order valence-electron chi connectivity index (χ0n) is 10.5. The molecule has 0 fully saturated rings. The molecule has 0 aliphatic carbocycles. The van der Waals surface area contributed by atoms with Gasteiger partial charge in [-0.25, -0.2) is 0 Å². The predicted octanol–water partition coefficient (Wildman–Crippen LogP) is 2.49. The van der Waals surface area contributed by atoms with Crippen LogP contribution < -0.4 is 0 Å². The average molecular weight is 218 g/mol. The summed E-state index contributed by atoms with van der Waals surface area (Å²) in [5.74, 6) is 0.670. The maximum Gasteiger partial charge on any atom is 0.0701 e. The molecule has 0 aromatic rings. The molecule has 0 aromatic heterocycles. The van der Waals surface area contributed by atoms with E-state index in [0.717, 1.165) is 6.61 Å². The standard InChI is InChI=1S/C12H26O3/c1-4-5-6-12(2)11-15-10-9-14-8-7-13-3/h12H,4-11H2,1-3H3. The molecule has 0 bridgehead atoms. The number of ether oxygens (including phenoxy) is 3. The smallest absolute Gasteiger partial charge is 0.0701 e. The highest BCUT2D eigenvalue weighted by Crippen LogP contribution is 2.07. The van der Waals surface area contributed by atoms with E-state index in [1.807, 2.05) is 0 Å². The number of hydrogen-bond donors (Lipinski definition) is 0. The van der Waals surface area contributed by atoms with Crippen molar-refractivity contribution in [2.24, 2.45) is 5.92 Å². The summed E-state index contributed by atoms with van der Waals surface area (Å²) in [6.45, 7) is 7.99. The Morgan fingerprint density at radius 2 is 1.67 bits per heavy atom. The van der Waals surface area contributed by atoms with Crippen molar-refractivity contribution in [2.75, 3.05) is 40.1 Å². The van der Waals surface area contributed by atoms with Gasteiger partial charge in [-0.3, -0.25) is 0 Å². The highest BCUT2D eigenvalue weighted by atomic mass is 16.5. The van der Waals surface area contributed by atoms with E-state index in [-0.39, 0.29) is 0 Å². The molecular formula is C12H26O3. The van der Waals surface area contributed by atoms with Crippen LogP contribution in [0.15, 0.2) is 0 Å². The maximum absolute atomic E-state index is 5.51. The topological polar surface area (TPSA) is 27.7 Å². The van der Waals surface area contributed by atoms with E-state index in [2.05, 4.69) is 13.8 Å². The summed E-state index contributed by atoms with van der Waals surface area (Å²) in [7, 11) is 1.68. The number of methoxy groups -OCH3 is 1. The van der Waals surface area contributed by atoms with Crippen molar-refractivity contribution >= 4 is 0 Å². The number of rotatable bonds is 11. The highest BCUT2D eigenvalue weighted by Gasteiger charge is 2.00. The molecule has 0 aliphatic heterocycles. The summed E-state index contributed by atoms with van der Waals surface area (Å²) in [5, 5.41) is 0. The highest BCUT2D eigenvalue weighted by molar-refractivity contribution is 4.50. The first-order chi connectivity index (χ1) is 7.31. The van der Waals surface area contributed by atoms with Gasteiger partial charge in [-0.1, -0.05) is 26.7 Å². The van der Waals surface area contributed by atoms with Crippen molar-refractivity contribution < 1.29 is 14.2 Å². The van der Waals surface area contributed by atoms with Crippen molar-refractivity contribution in [1.82, 2.24) is 0 Å². The molecule has 0 saturated carbocycles. The van der Waals surface area contributed by atoms with Gasteiger partial charge in [0.15, 0.2) is 0 Å². The van der Waals surface area contributed by atoms with Gasteiger partial charge in [-0.05, 0) is 12.3 Å². The van der Waals surface area contributed by atoms with Crippen molar-refractivity contribution in [3.63, 3.8) is 0 Å². The Kier molecular flexibility index (Phi) is 11.9. The molecule has 3 nitrogen and oxygen atoms in total. The summed E-state index contributed by atoms with van der Waals surface area (Å²) in [4.78, 5) is 0. The Bertz CT molecular complexity index is 117. The lowest BCUT2D eigenvalue weighted by molar-refractivity contribution is 0.0162. The lowest BCUT2D eigenvalue weighted by Crippen LogP contribution is -2.12. The van der Waals surface area contributed by atoms with E-state index in [1.165, 1.54) is 19.3 Å². The van der Waals surface area contributed by atoms with E-state index >= 15 is 0 Å². The van der Waals surface area contributed by atoms with Gasteiger partial charge < -0.3 is 14.2 Å². The van der Waals surface area contributed by atoms with Crippen LogP contribution in [0.4, 0.5) is 0 Å². The average Bonchev–Trinajstić information content (AvgIpc) is 2.25. The molecule has 15 heavy (non-hydrogen) atoms. The summed E-state index contributed by atoms with van der Waals surface area (Å²) in [6.07, 6.45) is 3.83. The molecule has 0 saturated heterocycles. The van der Waals surface area contributed by atoms with Gasteiger partial charge in [0.2, 0.25) is 0 Å². The third kappa shape index (κ3) is 11.8. The lowest BCUT2D eigenvalue weighted by atomic mass is 10.1. The second-order valence-corrected chi connectivity index (χ2v) is 3.93. The Labute approximate surface area is 94.1 Å². The summed E-state index contributed by atoms with van der Waals surface area (Å²) < 4.78 is 15.7. The van der Waals surface area contributed by atoms with Crippen LogP contribution in [0.25, 0.3) is 0 Å². The molecule has 0 amide bonds.